The molecule has 0 saturated carbocycles. The van der Waals surface area contributed by atoms with E-state index in [1.807, 2.05) is 20.8 Å². The molecule has 3 aromatic rings. The zero-order valence-electron chi connectivity index (χ0n) is 25.3. The van der Waals surface area contributed by atoms with E-state index in [-0.39, 0.29) is 35.5 Å². The Morgan fingerprint density at radius 3 is 2.53 bits per heavy atom. The number of likely N-dealkylation sites (N-methyl/N-ethyl adjacent to an activating group) is 1. The zero-order chi connectivity index (χ0) is 31.5. The van der Waals surface area contributed by atoms with Crippen molar-refractivity contribution in [2.24, 2.45) is 5.41 Å². The molecule has 4 rings (SSSR count). The van der Waals surface area contributed by atoms with E-state index in [2.05, 4.69) is 25.9 Å². The Balaban J connectivity index is 1.61. The minimum atomic E-state index is -0.822. The number of nitrogens with zero attached hydrogens (tertiary/aromatic N) is 3. The number of hydrogen-bond donors (Lipinski definition) is 3. The number of rotatable bonds is 10. The maximum Gasteiger partial charge on any atom is 0.246 e. The molecule has 0 bridgehead atoms. The fourth-order valence-electron chi connectivity index (χ4n) is 5.16. The fourth-order valence-corrected chi connectivity index (χ4v) is 5.16. The topological polar surface area (TPSA) is 126 Å². The van der Waals surface area contributed by atoms with Crippen molar-refractivity contribution in [1.82, 2.24) is 25.5 Å². The number of carbonyl (C=O) groups excluding carboxylic acids is 3. The Morgan fingerprint density at radius 2 is 1.88 bits per heavy atom. The van der Waals surface area contributed by atoms with Gasteiger partial charge in [-0.05, 0) is 50.4 Å². The van der Waals surface area contributed by atoms with Crippen molar-refractivity contribution in [1.29, 1.82) is 0 Å². The summed E-state index contributed by atoms with van der Waals surface area (Å²) in [5.74, 6) is -1.57. The van der Waals surface area contributed by atoms with Gasteiger partial charge >= 0.3 is 0 Å². The van der Waals surface area contributed by atoms with Crippen LogP contribution in [0.2, 0.25) is 0 Å². The number of ether oxygens (including phenoxy) is 1. The molecule has 1 aliphatic rings. The number of hydrogen-bond acceptors (Lipinski definition) is 8. The van der Waals surface area contributed by atoms with Crippen LogP contribution in [0.25, 0.3) is 10.9 Å². The summed E-state index contributed by atoms with van der Waals surface area (Å²) >= 11 is 0. The molecule has 0 radical (unpaired) electrons. The molecule has 2 amide bonds. The first-order valence-electron chi connectivity index (χ1n) is 14.2. The Hall–Kier alpha value is -4.19. The predicted octanol–water partition coefficient (Wildman–Crippen LogP) is 3.90. The molecular formula is C31H38F2N6O4. The highest BCUT2D eigenvalue weighted by Crippen LogP contribution is 2.32. The second-order valence-corrected chi connectivity index (χ2v) is 11.8. The molecule has 1 aromatic heterocycles. The summed E-state index contributed by atoms with van der Waals surface area (Å²) in [6, 6.07) is 4.55. The summed E-state index contributed by atoms with van der Waals surface area (Å²) in [7, 11) is 3.15. The highest BCUT2D eigenvalue weighted by atomic mass is 19.1. The molecule has 0 spiro atoms. The Morgan fingerprint density at radius 1 is 1.14 bits per heavy atom. The van der Waals surface area contributed by atoms with Crippen LogP contribution in [0.3, 0.4) is 0 Å². The zero-order valence-corrected chi connectivity index (χ0v) is 25.3. The minimum absolute atomic E-state index is 0.0274. The number of likely N-dealkylation sites (tertiary alicyclic amines) is 1. The number of fused-ring (bicyclic) bond motifs is 1. The predicted molar refractivity (Wildman–Crippen MR) is 159 cm³/mol. The van der Waals surface area contributed by atoms with Gasteiger partial charge in [0.15, 0.2) is 5.78 Å². The lowest BCUT2D eigenvalue weighted by molar-refractivity contribution is -0.143. The van der Waals surface area contributed by atoms with Crippen molar-refractivity contribution in [3.8, 4) is 5.75 Å². The number of methoxy groups -OCH3 is 1. The number of Topliss-reactive ketones (excluding diaryl/α,β-unsaturated/α-hetero) is 1. The van der Waals surface area contributed by atoms with Gasteiger partial charge in [0.25, 0.3) is 0 Å². The van der Waals surface area contributed by atoms with Crippen molar-refractivity contribution in [3.63, 3.8) is 0 Å². The smallest absolute Gasteiger partial charge is 0.246 e. The van der Waals surface area contributed by atoms with Crippen LogP contribution in [-0.2, 0) is 20.8 Å². The third-order valence-electron chi connectivity index (χ3n) is 7.72. The molecule has 2 heterocycles. The first kappa shape index (κ1) is 31.7. The molecule has 1 fully saturated rings. The molecule has 2 aromatic carbocycles. The van der Waals surface area contributed by atoms with Crippen molar-refractivity contribution >= 4 is 40.0 Å². The van der Waals surface area contributed by atoms with Crippen LogP contribution >= 0.6 is 0 Å². The molecule has 0 aliphatic carbocycles. The summed E-state index contributed by atoms with van der Waals surface area (Å²) in [5, 5.41) is 9.14. The van der Waals surface area contributed by atoms with Crippen molar-refractivity contribution in [2.45, 2.75) is 65.1 Å². The summed E-state index contributed by atoms with van der Waals surface area (Å²) < 4.78 is 33.4. The van der Waals surface area contributed by atoms with E-state index in [1.165, 1.54) is 19.5 Å². The first-order valence-corrected chi connectivity index (χ1v) is 14.2. The van der Waals surface area contributed by atoms with E-state index in [4.69, 9.17) is 4.74 Å². The standard InChI is InChI=1S/C31H38F2N6O4/c1-17(34-5)29(41)38-27(31(2,3)4)30(42)39-11-7-8-24(39)25(40)13-18-12-20-23(15-26(18)43-6)35-16-36-28(20)37-22-10-9-19(32)14-21(22)33/h9-10,12,14-17,24,27,34H,7-8,11,13H2,1-6H3,(H,38,41)(H,35,36,37)/t17-,24-,27+/m0/s1. The Kier molecular flexibility index (Phi) is 9.59. The van der Waals surface area contributed by atoms with Crippen molar-refractivity contribution in [2.75, 3.05) is 26.0 Å². The summed E-state index contributed by atoms with van der Waals surface area (Å²) in [6.45, 7) is 7.73. The summed E-state index contributed by atoms with van der Waals surface area (Å²) in [5.41, 5.74) is 0.468. The first-order chi connectivity index (χ1) is 20.3. The number of ketones is 1. The Labute approximate surface area is 249 Å². The second kappa shape index (κ2) is 13.0. The second-order valence-electron chi connectivity index (χ2n) is 11.8. The van der Waals surface area contributed by atoms with Gasteiger partial charge in [-0.2, -0.15) is 0 Å². The average molecular weight is 597 g/mol. The van der Waals surface area contributed by atoms with Crippen LogP contribution < -0.4 is 20.7 Å². The number of benzene rings is 2. The molecule has 3 atom stereocenters. The van der Waals surface area contributed by atoms with Gasteiger partial charge < -0.3 is 25.6 Å². The lowest BCUT2D eigenvalue weighted by atomic mass is 9.85. The quantitative estimate of drug-likeness (QED) is 0.322. The van der Waals surface area contributed by atoms with Gasteiger partial charge in [0.1, 0.15) is 35.6 Å². The van der Waals surface area contributed by atoms with E-state index >= 15 is 0 Å². The van der Waals surface area contributed by atoms with E-state index in [0.29, 0.717) is 41.6 Å². The average Bonchev–Trinajstić information content (AvgIpc) is 3.46. The highest BCUT2D eigenvalue weighted by Gasteiger charge is 2.42. The fraction of sp³-hybridized carbons (Fsp3) is 0.452. The largest absolute Gasteiger partial charge is 0.496 e. The number of amides is 2. The molecule has 0 unspecified atom stereocenters. The monoisotopic (exact) mass is 596 g/mol. The molecule has 43 heavy (non-hydrogen) atoms. The maximum atomic E-state index is 14.4. The number of carbonyl (C=O) groups is 3. The molecule has 1 aliphatic heterocycles. The molecule has 230 valence electrons. The van der Waals surface area contributed by atoms with E-state index in [9.17, 15) is 23.2 Å². The van der Waals surface area contributed by atoms with Crippen LogP contribution in [0, 0.1) is 17.0 Å². The van der Waals surface area contributed by atoms with Crippen molar-refractivity contribution < 1.29 is 27.9 Å². The van der Waals surface area contributed by atoms with E-state index in [0.717, 1.165) is 12.1 Å². The van der Waals surface area contributed by atoms with Crippen LogP contribution in [0.5, 0.6) is 5.75 Å². The maximum absolute atomic E-state index is 14.4. The van der Waals surface area contributed by atoms with Gasteiger partial charge in [-0.15, -0.1) is 0 Å². The van der Waals surface area contributed by atoms with Gasteiger partial charge in [0.05, 0.1) is 30.4 Å². The van der Waals surface area contributed by atoms with Gasteiger partial charge in [-0.3, -0.25) is 14.4 Å². The normalized spacial score (nSPS) is 16.6. The molecule has 3 N–H and O–H groups in total. The number of halogens is 2. The van der Waals surface area contributed by atoms with Crippen LogP contribution in [-0.4, -0.2) is 71.3 Å². The highest BCUT2D eigenvalue weighted by molar-refractivity contribution is 5.97. The third-order valence-corrected chi connectivity index (χ3v) is 7.72. The molecule has 1 saturated heterocycles. The van der Waals surface area contributed by atoms with E-state index < -0.39 is 35.2 Å². The van der Waals surface area contributed by atoms with Crippen LogP contribution in [0.1, 0.15) is 46.1 Å². The minimum Gasteiger partial charge on any atom is -0.496 e. The van der Waals surface area contributed by atoms with Crippen LogP contribution in [0.15, 0.2) is 36.7 Å². The lowest BCUT2D eigenvalue weighted by Crippen LogP contribution is -2.58. The SMILES string of the molecule is CN[C@@H](C)C(=O)N[C@H](C(=O)N1CCC[C@H]1C(=O)Cc1cc2c(Nc3ccc(F)cc3F)ncnc2cc1OC)C(C)(C)C. The number of nitrogens with one attached hydrogen (secondary N) is 3. The van der Waals surface area contributed by atoms with E-state index in [1.54, 1.807) is 31.0 Å². The third kappa shape index (κ3) is 7.07. The Bertz CT molecular complexity index is 1530. The lowest BCUT2D eigenvalue weighted by Gasteiger charge is -2.36. The van der Waals surface area contributed by atoms with Gasteiger partial charge in [-0.1, -0.05) is 20.8 Å². The van der Waals surface area contributed by atoms with Gasteiger partial charge in [0, 0.05) is 36.0 Å². The van der Waals surface area contributed by atoms with Crippen LogP contribution in [0.4, 0.5) is 20.3 Å². The molecular weight excluding hydrogens is 558 g/mol. The summed E-state index contributed by atoms with van der Waals surface area (Å²) in [6.07, 6.45) is 2.41. The number of aromatic nitrogens is 2. The van der Waals surface area contributed by atoms with Gasteiger partial charge in [-0.25, -0.2) is 18.7 Å². The molecule has 10 nitrogen and oxygen atoms in total. The van der Waals surface area contributed by atoms with Crippen molar-refractivity contribution in [3.05, 3.63) is 53.9 Å². The van der Waals surface area contributed by atoms with Gasteiger partial charge in [0.2, 0.25) is 11.8 Å². The summed E-state index contributed by atoms with van der Waals surface area (Å²) in [4.78, 5) is 50.3. The number of anilines is 2. The molecule has 12 heteroatoms.